The van der Waals surface area contributed by atoms with Crippen molar-refractivity contribution in [2.45, 2.75) is 32.0 Å². The quantitative estimate of drug-likeness (QED) is 0.849. The predicted octanol–water partition coefficient (Wildman–Crippen LogP) is 2.78. The molecule has 1 N–H and O–H groups in total. The Morgan fingerprint density at radius 1 is 1.07 bits per heavy atom. The first-order valence-corrected chi connectivity index (χ1v) is 10.1. The van der Waals surface area contributed by atoms with Crippen LogP contribution in [0.2, 0.25) is 0 Å². The van der Waals surface area contributed by atoms with E-state index < -0.39 is 6.10 Å². The smallest absolute Gasteiger partial charge is 0.231 e. The molecule has 0 amide bonds. The molecule has 3 heterocycles. The van der Waals surface area contributed by atoms with Crippen LogP contribution < -0.4 is 23.8 Å². The summed E-state index contributed by atoms with van der Waals surface area (Å²) in [6.45, 7) is 4.00. The topological polar surface area (TPSA) is 73.3 Å². The summed E-state index contributed by atoms with van der Waals surface area (Å²) in [6.07, 6.45) is 0.813. The van der Waals surface area contributed by atoms with E-state index in [1.165, 1.54) is 0 Å². The monoisotopic (exact) mass is 398 g/mol. The summed E-state index contributed by atoms with van der Waals surface area (Å²) < 4.78 is 22.5. The molecule has 4 atom stereocenters. The molecule has 0 radical (unpaired) electrons. The first kappa shape index (κ1) is 18.4. The van der Waals surface area contributed by atoms with Gasteiger partial charge in [0, 0.05) is 24.8 Å². The first-order valence-electron chi connectivity index (χ1n) is 10.1. The van der Waals surface area contributed by atoms with Crippen LogP contribution in [-0.4, -0.2) is 49.3 Å². The number of benzene rings is 1. The molecule has 7 heteroatoms. The van der Waals surface area contributed by atoms with Crippen LogP contribution in [0.25, 0.3) is 0 Å². The number of hydrogen-bond acceptors (Lipinski definition) is 7. The maximum Gasteiger partial charge on any atom is 0.231 e. The SMILES string of the molecule is COc1ccc(C)nc1N1C[C@H]2C[C@@H](Oc3ccc4c(c3)OCO4)[C@H](O)C[C@H]2C1. The minimum atomic E-state index is -0.492. The molecule has 2 aliphatic heterocycles. The highest BCUT2D eigenvalue weighted by Gasteiger charge is 2.43. The third-order valence-electron chi connectivity index (χ3n) is 6.21. The summed E-state index contributed by atoms with van der Waals surface area (Å²) in [5, 5.41) is 10.7. The zero-order valence-electron chi connectivity index (χ0n) is 16.7. The lowest BCUT2D eigenvalue weighted by atomic mass is 9.78. The van der Waals surface area contributed by atoms with Crippen molar-refractivity contribution in [3.63, 3.8) is 0 Å². The van der Waals surface area contributed by atoms with E-state index in [9.17, 15) is 5.11 Å². The fourth-order valence-electron chi connectivity index (χ4n) is 4.73. The number of methoxy groups -OCH3 is 1. The fourth-order valence-corrected chi connectivity index (χ4v) is 4.73. The number of aryl methyl sites for hydroxylation is 1. The van der Waals surface area contributed by atoms with Gasteiger partial charge in [-0.1, -0.05) is 0 Å². The third kappa shape index (κ3) is 3.44. The molecule has 5 rings (SSSR count). The average Bonchev–Trinajstić information content (AvgIpc) is 3.34. The molecule has 3 aliphatic rings. The second kappa shape index (κ2) is 7.30. The Kier molecular flexibility index (Phi) is 4.62. The number of aromatic nitrogens is 1. The summed E-state index contributed by atoms with van der Waals surface area (Å²) in [5.74, 6) is 4.68. The molecule has 1 aromatic heterocycles. The minimum Gasteiger partial charge on any atom is -0.493 e. The van der Waals surface area contributed by atoms with Gasteiger partial charge < -0.3 is 29.0 Å². The second-order valence-corrected chi connectivity index (χ2v) is 8.11. The molecule has 1 aromatic carbocycles. The Hall–Kier alpha value is -2.67. The van der Waals surface area contributed by atoms with Crippen LogP contribution in [0.15, 0.2) is 30.3 Å². The van der Waals surface area contributed by atoms with Gasteiger partial charge in [-0.25, -0.2) is 4.98 Å². The molecule has 2 fully saturated rings. The van der Waals surface area contributed by atoms with Gasteiger partial charge in [0.1, 0.15) is 11.9 Å². The zero-order valence-corrected chi connectivity index (χ0v) is 16.7. The number of aliphatic hydroxyl groups is 1. The second-order valence-electron chi connectivity index (χ2n) is 8.11. The molecular weight excluding hydrogens is 372 g/mol. The molecule has 0 spiro atoms. The third-order valence-corrected chi connectivity index (χ3v) is 6.21. The van der Waals surface area contributed by atoms with Gasteiger partial charge in [0.25, 0.3) is 0 Å². The standard InChI is InChI=1S/C22H26N2O5/c1-13-3-5-19(26-2)22(23-13)24-10-14-7-17(25)20(8-15(14)11-24)29-16-4-6-18-21(9-16)28-12-27-18/h3-6,9,14-15,17,20,25H,7-8,10-12H2,1-2H3/t14-,15+,17+,20+/m0/s1. The van der Waals surface area contributed by atoms with E-state index >= 15 is 0 Å². The predicted molar refractivity (Wildman–Crippen MR) is 107 cm³/mol. The van der Waals surface area contributed by atoms with E-state index in [-0.39, 0.29) is 12.9 Å². The van der Waals surface area contributed by atoms with Crippen molar-refractivity contribution in [2.24, 2.45) is 11.8 Å². The van der Waals surface area contributed by atoms with Crippen LogP contribution in [0.5, 0.6) is 23.0 Å². The lowest BCUT2D eigenvalue weighted by Gasteiger charge is -2.35. The van der Waals surface area contributed by atoms with E-state index in [2.05, 4.69) is 4.90 Å². The van der Waals surface area contributed by atoms with Crippen LogP contribution in [0.3, 0.4) is 0 Å². The van der Waals surface area contributed by atoms with E-state index in [1.54, 1.807) is 7.11 Å². The summed E-state index contributed by atoms with van der Waals surface area (Å²) in [7, 11) is 1.68. The largest absolute Gasteiger partial charge is 0.493 e. The lowest BCUT2D eigenvalue weighted by Crippen LogP contribution is -2.42. The number of pyridine rings is 1. The highest BCUT2D eigenvalue weighted by Crippen LogP contribution is 2.42. The molecule has 154 valence electrons. The molecule has 0 bridgehead atoms. The van der Waals surface area contributed by atoms with E-state index in [0.717, 1.165) is 48.9 Å². The minimum absolute atomic E-state index is 0.232. The number of hydrogen-bond donors (Lipinski definition) is 1. The summed E-state index contributed by atoms with van der Waals surface area (Å²) >= 11 is 0. The molecule has 1 saturated carbocycles. The Morgan fingerprint density at radius 3 is 2.69 bits per heavy atom. The van der Waals surface area contributed by atoms with Gasteiger partial charge in [0.05, 0.1) is 13.2 Å². The Morgan fingerprint density at radius 2 is 1.86 bits per heavy atom. The van der Waals surface area contributed by atoms with Gasteiger partial charge in [-0.15, -0.1) is 0 Å². The zero-order chi connectivity index (χ0) is 20.0. The summed E-state index contributed by atoms with van der Waals surface area (Å²) in [5.41, 5.74) is 0.972. The Labute approximate surface area is 170 Å². The van der Waals surface area contributed by atoms with Crippen LogP contribution >= 0.6 is 0 Å². The normalized spacial score (nSPS) is 27.6. The van der Waals surface area contributed by atoms with Crippen molar-refractivity contribution in [1.29, 1.82) is 0 Å². The van der Waals surface area contributed by atoms with Gasteiger partial charge in [-0.3, -0.25) is 0 Å². The number of anilines is 1. The molecule has 1 saturated heterocycles. The summed E-state index contributed by atoms with van der Waals surface area (Å²) in [6, 6.07) is 9.49. The molecular formula is C22H26N2O5. The molecule has 1 aliphatic carbocycles. The molecule has 7 nitrogen and oxygen atoms in total. The van der Waals surface area contributed by atoms with Gasteiger partial charge in [-0.2, -0.15) is 0 Å². The number of rotatable bonds is 4. The highest BCUT2D eigenvalue weighted by atomic mass is 16.7. The van der Waals surface area contributed by atoms with E-state index in [1.807, 2.05) is 37.3 Å². The van der Waals surface area contributed by atoms with Crippen molar-refractivity contribution in [3.05, 3.63) is 36.0 Å². The van der Waals surface area contributed by atoms with Crippen LogP contribution in [0.4, 0.5) is 5.82 Å². The average molecular weight is 398 g/mol. The van der Waals surface area contributed by atoms with Crippen molar-refractivity contribution < 1.29 is 24.1 Å². The van der Waals surface area contributed by atoms with Crippen LogP contribution in [0.1, 0.15) is 18.5 Å². The number of aliphatic hydroxyl groups excluding tert-OH is 1. The maximum absolute atomic E-state index is 10.7. The van der Waals surface area contributed by atoms with Crippen molar-refractivity contribution in [1.82, 2.24) is 4.98 Å². The summed E-state index contributed by atoms with van der Waals surface area (Å²) in [4.78, 5) is 6.99. The van der Waals surface area contributed by atoms with Gasteiger partial charge in [0.15, 0.2) is 23.1 Å². The van der Waals surface area contributed by atoms with Crippen LogP contribution in [-0.2, 0) is 0 Å². The highest BCUT2D eigenvalue weighted by molar-refractivity contribution is 5.54. The Balaban J connectivity index is 1.30. The van der Waals surface area contributed by atoms with Gasteiger partial charge in [0.2, 0.25) is 6.79 Å². The number of ether oxygens (including phenoxy) is 4. The molecule has 0 unspecified atom stereocenters. The van der Waals surface area contributed by atoms with Crippen molar-refractivity contribution in [2.75, 3.05) is 31.9 Å². The number of fused-ring (bicyclic) bond motifs is 2. The lowest BCUT2D eigenvalue weighted by molar-refractivity contribution is -0.0232. The van der Waals surface area contributed by atoms with Gasteiger partial charge >= 0.3 is 0 Å². The van der Waals surface area contributed by atoms with Crippen molar-refractivity contribution >= 4 is 5.82 Å². The van der Waals surface area contributed by atoms with Crippen LogP contribution in [0, 0.1) is 18.8 Å². The molecule has 29 heavy (non-hydrogen) atoms. The maximum atomic E-state index is 10.7. The van der Waals surface area contributed by atoms with Crippen molar-refractivity contribution in [3.8, 4) is 23.0 Å². The molecule has 2 aromatic rings. The van der Waals surface area contributed by atoms with E-state index in [4.69, 9.17) is 23.9 Å². The van der Waals surface area contributed by atoms with E-state index in [0.29, 0.717) is 23.3 Å². The Bertz CT molecular complexity index is 905. The number of nitrogens with zero attached hydrogens (tertiary/aromatic N) is 2. The van der Waals surface area contributed by atoms with Gasteiger partial charge in [-0.05, 0) is 55.9 Å². The fraction of sp³-hybridized carbons (Fsp3) is 0.500. The first-order chi connectivity index (χ1) is 14.1.